The summed E-state index contributed by atoms with van der Waals surface area (Å²) in [6, 6.07) is 1.02. The number of hydrogen-bond acceptors (Lipinski definition) is 1. The third-order valence-corrected chi connectivity index (χ3v) is 3.50. The van der Waals surface area contributed by atoms with Crippen LogP contribution in [0.5, 0.6) is 0 Å². The Labute approximate surface area is 103 Å². The molecular formula is C14H16N2O+. The lowest BCUT2D eigenvalue weighted by Crippen LogP contribution is -2.38. The molecule has 3 aliphatic rings. The van der Waals surface area contributed by atoms with Gasteiger partial charge in [-0.3, -0.25) is 4.79 Å². The number of fused-ring (bicyclic) bond motifs is 1. The highest BCUT2D eigenvalue weighted by Crippen LogP contribution is 2.40. The number of nitrogens with zero attached hydrogens (tertiary/aromatic N) is 2. The molecule has 0 aromatic heterocycles. The van der Waals surface area contributed by atoms with Crippen LogP contribution in [-0.2, 0) is 4.79 Å². The minimum absolute atomic E-state index is 0.0640. The Morgan fingerprint density at radius 1 is 1.29 bits per heavy atom. The Morgan fingerprint density at radius 2 is 2.06 bits per heavy atom. The van der Waals surface area contributed by atoms with Crippen LogP contribution in [0.3, 0.4) is 0 Å². The van der Waals surface area contributed by atoms with Crippen LogP contribution in [0.2, 0.25) is 0 Å². The van der Waals surface area contributed by atoms with Crippen molar-refractivity contribution in [3.63, 3.8) is 0 Å². The standard InChI is InChI=1S/C14H16N2O/c1-11(17)16-10-7-13(15-8-2-3-9-15)12-5-4-6-14(12)16/h4-7,10H,2-3,8-9H2,1H3/q+1. The van der Waals surface area contributed by atoms with Crippen LogP contribution in [0.15, 0.2) is 12.3 Å². The summed E-state index contributed by atoms with van der Waals surface area (Å²) in [5.41, 5.74) is 1.26. The van der Waals surface area contributed by atoms with Gasteiger partial charge >= 0.3 is 0 Å². The van der Waals surface area contributed by atoms with E-state index in [0.29, 0.717) is 0 Å². The fraction of sp³-hybridized carbons (Fsp3) is 0.357. The van der Waals surface area contributed by atoms with Gasteiger partial charge in [-0.15, -0.1) is 0 Å². The summed E-state index contributed by atoms with van der Waals surface area (Å²) in [7, 11) is 0. The van der Waals surface area contributed by atoms with Gasteiger partial charge < -0.3 is 4.90 Å². The molecule has 0 atom stereocenters. The van der Waals surface area contributed by atoms with Crippen molar-refractivity contribution in [1.82, 2.24) is 4.90 Å². The van der Waals surface area contributed by atoms with Crippen LogP contribution in [0.25, 0.3) is 0 Å². The first-order valence-electron chi connectivity index (χ1n) is 6.13. The predicted molar refractivity (Wildman–Crippen MR) is 65.3 cm³/mol. The lowest BCUT2D eigenvalue weighted by Gasteiger charge is -2.30. The molecule has 3 nitrogen and oxygen atoms in total. The van der Waals surface area contributed by atoms with Crippen LogP contribution in [0.1, 0.15) is 19.8 Å². The Morgan fingerprint density at radius 3 is 2.76 bits per heavy atom. The lowest BCUT2D eigenvalue weighted by molar-refractivity contribution is -0.505. The topological polar surface area (TPSA) is 23.3 Å². The molecular weight excluding hydrogens is 212 g/mol. The number of rotatable bonds is 0. The molecule has 2 fully saturated rings. The van der Waals surface area contributed by atoms with Crippen molar-refractivity contribution >= 4 is 11.6 Å². The van der Waals surface area contributed by atoms with Crippen molar-refractivity contribution in [1.29, 1.82) is 0 Å². The molecule has 17 heavy (non-hydrogen) atoms. The highest BCUT2D eigenvalue weighted by atomic mass is 16.2. The van der Waals surface area contributed by atoms with E-state index in [0.717, 1.165) is 19.1 Å². The molecule has 0 N–H and O–H groups in total. The predicted octanol–water partition coefficient (Wildman–Crippen LogP) is 1.34. The highest BCUT2D eigenvalue weighted by molar-refractivity contribution is 6.09. The van der Waals surface area contributed by atoms with Gasteiger partial charge in [0.15, 0.2) is 5.71 Å². The molecule has 3 heteroatoms. The zero-order valence-corrected chi connectivity index (χ0v) is 10.0. The Kier molecular flexibility index (Phi) is 2.77. The van der Waals surface area contributed by atoms with Gasteiger partial charge in [0.2, 0.25) is 5.91 Å². The number of carbonyl (C=O) groups excluding carboxylic acids is 1. The minimum atomic E-state index is 0.0640. The molecule has 0 aromatic carbocycles. The molecule has 87 valence electrons. The van der Waals surface area contributed by atoms with E-state index in [1.807, 2.05) is 19.0 Å². The van der Waals surface area contributed by atoms with Crippen molar-refractivity contribution in [3.8, 4) is 0 Å². The van der Waals surface area contributed by atoms with Gasteiger partial charge in [-0.2, -0.15) is 0 Å². The molecule has 0 bridgehead atoms. The highest BCUT2D eigenvalue weighted by Gasteiger charge is 2.44. The van der Waals surface area contributed by atoms with Crippen LogP contribution < -0.4 is 0 Å². The Balaban J connectivity index is 1.95. The summed E-state index contributed by atoms with van der Waals surface area (Å²) in [4.78, 5) is 13.3. The molecule has 3 rings (SSSR count). The summed E-state index contributed by atoms with van der Waals surface area (Å²) in [5, 5.41) is 0. The van der Waals surface area contributed by atoms with Crippen molar-refractivity contribution in [2.24, 2.45) is 0 Å². The second kappa shape index (κ2) is 4.28. The van der Waals surface area contributed by atoms with E-state index in [1.165, 1.54) is 24.5 Å². The first-order chi connectivity index (χ1) is 8.27. The maximum absolute atomic E-state index is 11.5. The average Bonchev–Trinajstić information content (AvgIpc) is 2.98. The third kappa shape index (κ3) is 1.81. The van der Waals surface area contributed by atoms with Gasteiger partial charge in [-0.1, -0.05) is 0 Å². The zero-order chi connectivity index (χ0) is 11.8. The molecule has 1 aliphatic carbocycles. The Bertz CT molecular complexity index is 389. The number of allylic oxidation sites excluding steroid dienone is 1. The largest absolute Gasteiger partial charge is 0.309 e. The number of amides is 1. The monoisotopic (exact) mass is 228 g/mol. The van der Waals surface area contributed by atoms with Crippen molar-refractivity contribution < 1.29 is 9.37 Å². The summed E-state index contributed by atoms with van der Waals surface area (Å²) >= 11 is 0. The molecule has 0 spiro atoms. The number of hydrogen-bond donors (Lipinski definition) is 0. The normalized spacial score (nSPS) is 25.8. The Hall–Kier alpha value is -1.12. The summed E-state index contributed by atoms with van der Waals surface area (Å²) in [5.74, 6) is 1.25. The molecule has 0 unspecified atom stereocenters. The summed E-state index contributed by atoms with van der Waals surface area (Å²) in [6.45, 7) is 3.86. The molecule has 1 saturated heterocycles. The maximum atomic E-state index is 11.5. The second-order valence-electron chi connectivity index (χ2n) is 4.61. The molecule has 2 aliphatic heterocycles. The van der Waals surface area contributed by atoms with Gasteiger partial charge in [-0.05, 0) is 19.3 Å². The smallest absolute Gasteiger partial charge is 0.224 e. The van der Waals surface area contributed by atoms with E-state index in [1.54, 1.807) is 11.8 Å². The van der Waals surface area contributed by atoms with Crippen LogP contribution in [0, 0.1) is 31.2 Å². The first-order valence-corrected chi connectivity index (χ1v) is 6.13. The van der Waals surface area contributed by atoms with Crippen LogP contribution in [0.4, 0.5) is 0 Å². The van der Waals surface area contributed by atoms with Gasteiger partial charge in [0.05, 0.1) is 6.04 Å². The van der Waals surface area contributed by atoms with Gasteiger partial charge in [0.25, 0.3) is 0 Å². The van der Waals surface area contributed by atoms with Gasteiger partial charge in [0, 0.05) is 32.0 Å². The first kappa shape index (κ1) is 11.0. The van der Waals surface area contributed by atoms with Gasteiger partial charge in [-0.25, -0.2) is 4.58 Å². The van der Waals surface area contributed by atoms with E-state index in [2.05, 4.69) is 17.1 Å². The van der Waals surface area contributed by atoms with E-state index >= 15 is 0 Å². The fourth-order valence-corrected chi connectivity index (χ4v) is 2.66. The van der Waals surface area contributed by atoms with Crippen LogP contribution >= 0.6 is 0 Å². The molecule has 1 amide bonds. The molecule has 2 heterocycles. The van der Waals surface area contributed by atoms with Crippen molar-refractivity contribution in [2.75, 3.05) is 13.1 Å². The lowest BCUT2D eigenvalue weighted by atomic mass is 9.92. The van der Waals surface area contributed by atoms with Crippen LogP contribution in [-0.4, -0.2) is 34.2 Å². The van der Waals surface area contributed by atoms with E-state index in [4.69, 9.17) is 0 Å². The van der Waals surface area contributed by atoms with Crippen molar-refractivity contribution in [2.45, 2.75) is 19.8 Å². The zero-order valence-electron chi connectivity index (χ0n) is 10.0. The van der Waals surface area contributed by atoms with Crippen molar-refractivity contribution in [3.05, 3.63) is 43.5 Å². The van der Waals surface area contributed by atoms with E-state index < -0.39 is 0 Å². The second-order valence-corrected chi connectivity index (χ2v) is 4.61. The van der Waals surface area contributed by atoms with Gasteiger partial charge in [0.1, 0.15) is 19.0 Å². The molecule has 0 aromatic rings. The minimum Gasteiger partial charge on any atom is -0.309 e. The van der Waals surface area contributed by atoms with E-state index in [-0.39, 0.29) is 5.91 Å². The summed E-state index contributed by atoms with van der Waals surface area (Å²) < 4.78 is 2.41. The molecule has 5 radical (unpaired) electrons. The summed E-state index contributed by atoms with van der Waals surface area (Å²) in [6.07, 6.45) is 12.6. The van der Waals surface area contributed by atoms with E-state index in [9.17, 15) is 4.79 Å². The maximum Gasteiger partial charge on any atom is 0.224 e. The molecule has 1 saturated carbocycles. The average molecular weight is 228 g/mol. The SMILES string of the molecule is CC(=O)N1C=CC(=[N+]2CCCC2)[C]2[CH][CH][CH][C]21. The fourth-order valence-electron chi connectivity index (χ4n) is 2.66. The number of carbonyl (C=O) groups is 1. The quantitative estimate of drug-likeness (QED) is 0.574. The third-order valence-electron chi connectivity index (χ3n) is 3.50.